The van der Waals surface area contributed by atoms with Gasteiger partial charge in [0.05, 0.1) is 19.3 Å². The fourth-order valence-corrected chi connectivity index (χ4v) is 0.372. The summed E-state index contributed by atoms with van der Waals surface area (Å²) in [5.74, 6) is 0. The molecule has 2 nitrogen and oxygen atoms in total. The number of ether oxygens (including phenoxy) is 1. The van der Waals surface area contributed by atoms with Crippen LogP contribution in [0.1, 0.15) is 20.3 Å². The van der Waals surface area contributed by atoms with Crippen molar-refractivity contribution in [1.29, 1.82) is 0 Å². The van der Waals surface area contributed by atoms with Gasteiger partial charge in [0.2, 0.25) is 0 Å². The Hall–Kier alpha value is -1.08. The van der Waals surface area contributed by atoms with Crippen LogP contribution in [0.2, 0.25) is 0 Å². The molecule has 1 N–H and O–H groups in total. The van der Waals surface area contributed by atoms with Crippen LogP contribution in [0.25, 0.3) is 0 Å². The molecule has 0 fully saturated rings. The van der Waals surface area contributed by atoms with E-state index >= 15 is 0 Å². The standard InChI is InChI=1S/C6H14O2.Rf/c1-3-6(2)8-5-4-7;/h6-7H,3-5H2,1-2H3;. The molecule has 0 aromatic rings. The molecule has 0 spiro atoms. The summed E-state index contributed by atoms with van der Waals surface area (Å²) in [7, 11) is 0. The molecule has 0 saturated heterocycles. The maximum Gasteiger partial charge on any atom is 0.0701 e. The Bertz CT molecular complexity index is 50.3. The van der Waals surface area contributed by atoms with E-state index in [1.165, 1.54) is 0 Å². The van der Waals surface area contributed by atoms with Crippen LogP contribution in [-0.4, -0.2) is 24.4 Å². The topological polar surface area (TPSA) is 29.5 Å². The van der Waals surface area contributed by atoms with Crippen molar-refractivity contribution in [2.75, 3.05) is 13.2 Å². The number of hydrogen-bond acceptors (Lipinski definition) is 2. The monoisotopic (exact) mass is 385 g/mol. The van der Waals surface area contributed by atoms with Crippen molar-refractivity contribution in [2.24, 2.45) is 0 Å². The first-order valence-electron chi connectivity index (χ1n) is 3.03. The second-order valence-corrected chi connectivity index (χ2v) is 1.81. The zero-order valence-electron chi connectivity index (χ0n) is 6.26. The molecule has 0 rings (SSSR count). The summed E-state index contributed by atoms with van der Waals surface area (Å²) in [5, 5.41) is 8.29. The Morgan fingerprint density at radius 2 is 2.11 bits per heavy atom. The van der Waals surface area contributed by atoms with Crippen molar-refractivity contribution in [3.8, 4) is 0 Å². The van der Waals surface area contributed by atoms with Crippen molar-refractivity contribution < 1.29 is 9.84 Å². The molecule has 3 heteroatoms. The maximum atomic E-state index is 8.29. The molecule has 9 heavy (non-hydrogen) atoms. The first kappa shape index (κ1) is 10.8. The van der Waals surface area contributed by atoms with Gasteiger partial charge in [-0.15, -0.1) is 0 Å². The predicted molar refractivity (Wildman–Crippen MR) is 32.8 cm³/mol. The Morgan fingerprint density at radius 3 is 2.44 bits per heavy atom. The Morgan fingerprint density at radius 1 is 1.56 bits per heavy atom. The van der Waals surface area contributed by atoms with Gasteiger partial charge in [0.1, 0.15) is 0 Å². The first-order chi connectivity index (χ1) is 3.81. The molecule has 1 atom stereocenters. The van der Waals surface area contributed by atoms with Gasteiger partial charge in [-0.1, -0.05) is 6.92 Å². The molecule has 0 aliphatic heterocycles. The fourth-order valence-electron chi connectivity index (χ4n) is 0.372. The summed E-state index contributed by atoms with van der Waals surface area (Å²) in [4.78, 5) is 0. The minimum Gasteiger partial charge on any atom is -0.394 e. The van der Waals surface area contributed by atoms with Crippen LogP contribution in [0.15, 0.2) is 0 Å². The molecule has 1 unspecified atom stereocenters. The smallest absolute Gasteiger partial charge is 0.0701 e. The van der Waals surface area contributed by atoms with E-state index in [4.69, 9.17) is 9.84 Å². The third kappa shape index (κ3) is 6.92. The molecule has 0 bridgehead atoms. The quantitative estimate of drug-likeness (QED) is 0.776. The van der Waals surface area contributed by atoms with E-state index in [1.807, 2.05) is 6.92 Å². The zero-order valence-corrected chi connectivity index (χ0v) is 12.7. The van der Waals surface area contributed by atoms with E-state index in [1.54, 1.807) is 0 Å². The normalized spacial score (nSPS) is 12.3. The van der Waals surface area contributed by atoms with E-state index in [0.29, 0.717) is 12.7 Å². The predicted octanol–water partition coefficient (Wildman–Crippen LogP) is 0.794. The summed E-state index contributed by atoms with van der Waals surface area (Å²) in [6.07, 6.45) is 1.31. The molecule has 0 aliphatic rings. The first-order valence-corrected chi connectivity index (χ1v) is 3.03. The SMILES string of the molecule is CCC(C)OCCO.[Rf]. The Kier molecular flexibility index (Phi) is 8.32. The summed E-state index contributed by atoms with van der Waals surface area (Å²) < 4.78 is 5.09. The van der Waals surface area contributed by atoms with Gasteiger partial charge in [-0.2, -0.15) is 0 Å². The van der Waals surface area contributed by atoms with Gasteiger partial charge < -0.3 is 9.84 Å². The van der Waals surface area contributed by atoms with Crippen LogP contribution in [0.5, 0.6) is 0 Å². The average Bonchev–Trinajstić information content (AvgIpc) is 1.83. The van der Waals surface area contributed by atoms with E-state index in [-0.39, 0.29) is 6.61 Å². The fraction of sp³-hybridized carbons (Fsp3) is 1.00. The minimum absolute atomic E-state index is 0. The van der Waals surface area contributed by atoms with Gasteiger partial charge in [-0.3, -0.25) is 0 Å². The summed E-state index contributed by atoms with van der Waals surface area (Å²) in [6.45, 7) is 4.65. The van der Waals surface area contributed by atoms with E-state index in [9.17, 15) is 0 Å². The summed E-state index contributed by atoms with van der Waals surface area (Å²) in [6, 6.07) is 0. The summed E-state index contributed by atoms with van der Waals surface area (Å²) >= 11 is 0. The minimum atomic E-state index is 0. The second kappa shape index (κ2) is 6.92. The van der Waals surface area contributed by atoms with Crippen LogP contribution >= 0.6 is 0 Å². The third-order valence-electron chi connectivity index (χ3n) is 1.07. The van der Waals surface area contributed by atoms with Gasteiger partial charge in [-0.25, -0.2) is 0 Å². The van der Waals surface area contributed by atoms with E-state index < -0.39 is 0 Å². The van der Waals surface area contributed by atoms with Gasteiger partial charge >= 0.3 is 0 Å². The zero-order chi connectivity index (χ0) is 6.41. The Labute approximate surface area is 50.5 Å². The average molecular weight is 385 g/mol. The molecule has 0 aliphatic carbocycles. The molecule has 0 aromatic carbocycles. The molecule has 0 heterocycles. The Balaban J connectivity index is 0. The molecule has 0 amide bonds. The molecule has 52 valence electrons. The van der Waals surface area contributed by atoms with E-state index in [2.05, 4.69) is 6.92 Å². The van der Waals surface area contributed by atoms with Crippen LogP contribution in [0.3, 0.4) is 0 Å². The molecule has 0 saturated carbocycles. The van der Waals surface area contributed by atoms with Gasteiger partial charge in [0.15, 0.2) is 0 Å². The van der Waals surface area contributed by atoms with Crippen molar-refractivity contribution in [1.82, 2.24) is 0 Å². The van der Waals surface area contributed by atoms with Crippen molar-refractivity contribution in [2.45, 2.75) is 26.4 Å². The number of aliphatic hydroxyl groups is 1. The second-order valence-electron chi connectivity index (χ2n) is 1.81. The summed E-state index contributed by atoms with van der Waals surface area (Å²) in [5.41, 5.74) is 0. The number of rotatable bonds is 4. The van der Waals surface area contributed by atoms with Crippen molar-refractivity contribution >= 4 is 0 Å². The molecule has 0 radical (unpaired) electrons. The van der Waals surface area contributed by atoms with Crippen LogP contribution < -0.4 is 0 Å². The molecular weight excluding hydrogens is 371 g/mol. The third-order valence-corrected chi connectivity index (χ3v) is 1.07. The van der Waals surface area contributed by atoms with Crippen LogP contribution in [0.4, 0.5) is 0 Å². The molecule has 0 aromatic heterocycles. The van der Waals surface area contributed by atoms with E-state index in [0.717, 1.165) is 6.42 Å². The van der Waals surface area contributed by atoms with Gasteiger partial charge in [0, 0.05) is 0 Å². The van der Waals surface area contributed by atoms with Gasteiger partial charge in [0.25, 0.3) is 0 Å². The molecular formula is C6H14O2Rf. The van der Waals surface area contributed by atoms with Crippen LogP contribution in [0, 0.1) is 0 Å². The van der Waals surface area contributed by atoms with Crippen molar-refractivity contribution in [3.63, 3.8) is 0 Å². The van der Waals surface area contributed by atoms with Gasteiger partial charge in [-0.05, 0) is 13.3 Å². The number of aliphatic hydroxyl groups excluding tert-OH is 1. The van der Waals surface area contributed by atoms with Crippen molar-refractivity contribution in [3.05, 3.63) is 0 Å². The maximum absolute atomic E-state index is 8.29. The number of hydrogen-bond donors (Lipinski definition) is 1. The largest absolute Gasteiger partial charge is 0.394 e. The van der Waals surface area contributed by atoms with Crippen LogP contribution in [-0.2, 0) is 4.74 Å².